The Morgan fingerprint density at radius 1 is 1.07 bits per heavy atom. The van der Waals surface area contributed by atoms with Gasteiger partial charge in [-0.15, -0.1) is 0 Å². The predicted octanol–water partition coefficient (Wildman–Crippen LogP) is 4.27. The van der Waals surface area contributed by atoms with E-state index in [1.54, 1.807) is 12.1 Å². The Morgan fingerprint density at radius 3 is 2.63 bits per heavy atom. The average Bonchev–Trinajstić information content (AvgIpc) is 3.24. The highest BCUT2D eigenvalue weighted by atomic mass is 19.1. The monoisotopic (exact) mass is 364 g/mol. The number of rotatable bonds is 4. The highest BCUT2D eigenvalue weighted by molar-refractivity contribution is 5.94. The van der Waals surface area contributed by atoms with Gasteiger partial charge in [0.15, 0.2) is 0 Å². The lowest BCUT2D eigenvalue weighted by atomic mass is 9.97. The second kappa shape index (κ2) is 7.76. The van der Waals surface area contributed by atoms with Crippen LogP contribution in [-0.4, -0.2) is 23.1 Å². The zero-order valence-electron chi connectivity index (χ0n) is 14.8. The van der Waals surface area contributed by atoms with Crippen molar-refractivity contribution < 1.29 is 13.9 Å². The number of hydrogen-bond donors (Lipinski definition) is 1. The summed E-state index contributed by atoms with van der Waals surface area (Å²) >= 11 is 0. The summed E-state index contributed by atoms with van der Waals surface area (Å²) in [6.07, 6.45) is 5.21. The molecule has 1 amide bonds. The molecule has 4 nitrogen and oxygen atoms in total. The van der Waals surface area contributed by atoms with Crippen molar-refractivity contribution in [2.24, 2.45) is 0 Å². The third-order valence-corrected chi connectivity index (χ3v) is 4.87. The van der Waals surface area contributed by atoms with E-state index in [-0.39, 0.29) is 23.9 Å². The molecule has 1 saturated heterocycles. The fraction of sp³-hybridized carbons (Fsp3) is 0.227. The van der Waals surface area contributed by atoms with E-state index < -0.39 is 0 Å². The molecule has 27 heavy (non-hydrogen) atoms. The van der Waals surface area contributed by atoms with Gasteiger partial charge < -0.3 is 14.6 Å². The number of benzene rings is 2. The van der Waals surface area contributed by atoms with Crippen LogP contribution in [0, 0.1) is 5.82 Å². The third-order valence-electron chi connectivity index (χ3n) is 4.87. The zero-order valence-corrected chi connectivity index (χ0v) is 14.8. The van der Waals surface area contributed by atoms with Crippen LogP contribution in [0.15, 0.2) is 73.1 Å². The van der Waals surface area contributed by atoms with E-state index in [1.165, 1.54) is 12.1 Å². The van der Waals surface area contributed by atoms with E-state index in [1.807, 2.05) is 53.4 Å². The number of ether oxygens (including phenoxy) is 1. The van der Waals surface area contributed by atoms with Crippen molar-refractivity contribution in [2.45, 2.75) is 25.0 Å². The van der Waals surface area contributed by atoms with Crippen molar-refractivity contribution in [2.75, 3.05) is 6.61 Å². The minimum atomic E-state index is -0.262. The number of amides is 1. The average molecular weight is 364 g/mol. The molecule has 0 spiro atoms. The van der Waals surface area contributed by atoms with E-state index in [2.05, 4.69) is 5.32 Å². The van der Waals surface area contributed by atoms with E-state index in [4.69, 9.17) is 4.74 Å². The number of halogens is 1. The van der Waals surface area contributed by atoms with Gasteiger partial charge in [-0.05, 0) is 60.9 Å². The van der Waals surface area contributed by atoms with Gasteiger partial charge in [0, 0.05) is 36.3 Å². The van der Waals surface area contributed by atoms with Crippen LogP contribution >= 0.6 is 0 Å². The van der Waals surface area contributed by atoms with Gasteiger partial charge in [0.1, 0.15) is 5.82 Å². The van der Waals surface area contributed by atoms with Gasteiger partial charge in [0.05, 0.1) is 6.10 Å². The van der Waals surface area contributed by atoms with Crippen LogP contribution in [0.4, 0.5) is 4.39 Å². The Kier molecular flexibility index (Phi) is 5.03. The van der Waals surface area contributed by atoms with Crippen LogP contribution in [0.2, 0.25) is 0 Å². The van der Waals surface area contributed by atoms with Gasteiger partial charge in [0.2, 0.25) is 0 Å². The van der Waals surface area contributed by atoms with Crippen molar-refractivity contribution in [3.05, 3.63) is 90.0 Å². The van der Waals surface area contributed by atoms with Crippen LogP contribution in [0.1, 0.15) is 34.9 Å². The predicted molar refractivity (Wildman–Crippen MR) is 101 cm³/mol. The van der Waals surface area contributed by atoms with Crippen LogP contribution in [0.3, 0.4) is 0 Å². The number of hydrogen-bond acceptors (Lipinski definition) is 2. The van der Waals surface area contributed by atoms with Crippen molar-refractivity contribution in [3.8, 4) is 5.69 Å². The SMILES string of the molecule is O=C(NC1CCOC(c2ccc(F)cc2)C1)c1cccc(-n2cccc2)c1. The second-order valence-corrected chi connectivity index (χ2v) is 6.75. The first-order valence-electron chi connectivity index (χ1n) is 9.10. The van der Waals surface area contributed by atoms with E-state index in [0.717, 1.165) is 17.7 Å². The largest absolute Gasteiger partial charge is 0.373 e. The Bertz CT molecular complexity index is 906. The van der Waals surface area contributed by atoms with Crippen LogP contribution in [0.25, 0.3) is 5.69 Å². The Labute approximate surface area is 157 Å². The van der Waals surface area contributed by atoms with Crippen LogP contribution in [0.5, 0.6) is 0 Å². The minimum Gasteiger partial charge on any atom is -0.373 e. The summed E-state index contributed by atoms with van der Waals surface area (Å²) in [4.78, 5) is 12.7. The fourth-order valence-electron chi connectivity index (χ4n) is 3.42. The molecule has 2 atom stereocenters. The molecule has 3 aromatic rings. The lowest BCUT2D eigenvalue weighted by Crippen LogP contribution is -2.39. The molecule has 0 bridgehead atoms. The molecule has 2 heterocycles. The lowest BCUT2D eigenvalue weighted by molar-refractivity contribution is 0.000875. The molecule has 4 rings (SSSR count). The fourth-order valence-corrected chi connectivity index (χ4v) is 3.42. The zero-order chi connectivity index (χ0) is 18.6. The van der Waals surface area contributed by atoms with Gasteiger partial charge in [-0.2, -0.15) is 0 Å². The Balaban J connectivity index is 1.43. The van der Waals surface area contributed by atoms with Crippen molar-refractivity contribution in [1.29, 1.82) is 0 Å². The smallest absolute Gasteiger partial charge is 0.251 e. The number of carbonyl (C=O) groups excluding carboxylic acids is 1. The molecule has 2 unspecified atom stereocenters. The highest BCUT2D eigenvalue weighted by Crippen LogP contribution is 2.28. The van der Waals surface area contributed by atoms with Gasteiger partial charge in [0.25, 0.3) is 5.91 Å². The first-order valence-corrected chi connectivity index (χ1v) is 9.10. The second-order valence-electron chi connectivity index (χ2n) is 6.75. The molecular weight excluding hydrogens is 343 g/mol. The van der Waals surface area contributed by atoms with Gasteiger partial charge in [-0.25, -0.2) is 4.39 Å². The van der Waals surface area contributed by atoms with Gasteiger partial charge in [-0.3, -0.25) is 4.79 Å². The number of nitrogens with zero attached hydrogens (tertiary/aromatic N) is 1. The molecule has 0 aliphatic carbocycles. The molecule has 2 aromatic carbocycles. The van der Waals surface area contributed by atoms with Crippen molar-refractivity contribution in [1.82, 2.24) is 9.88 Å². The topological polar surface area (TPSA) is 43.3 Å². The lowest BCUT2D eigenvalue weighted by Gasteiger charge is -2.30. The standard InChI is InChI=1S/C22H21FN2O2/c23-18-8-6-16(7-9-18)21-15-19(10-13-27-21)24-22(26)17-4-3-5-20(14-17)25-11-1-2-12-25/h1-9,11-12,14,19,21H,10,13,15H2,(H,24,26). The van der Waals surface area contributed by atoms with Crippen LogP contribution < -0.4 is 5.32 Å². The van der Waals surface area contributed by atoms with E-state index in [9.17, 15) is 9.18 Å². The summed E-state index contributed by atoms with van der Waals surface area (Å²) in [6, 6.07) is 17.8. The summed E-state index contributed by atoms with van der Waals surface area (Å²) in [5, 5.41) is 3.12. The Morgan fingerprint density at radius 2 is 1.85 bits per heavy atom. The van der Waals surface area contributed by atoms with E-state index in [0.29, 0.717) is 18.6 Å². The van der Waals surface area contributed by atoms with Crippen LogP contribution in [-0.2, 0) is 4.74 Å². The highest BCUT2D eigenvalue weighted by Gasteiger charge is 2.25. The summed E-state index contributed by atoms with van der Waals surface area (Å²) in [7, 11) is 0. The molecule has 0 radical (unpaired) electrons. The molecule has 0 saturated carbocycles. The summed E-state index contributed by atoms with van der Waals surface area (Å²) in [5.74, 6) is -0.351. The number of nitrogens with one attached hydrogen (secondary N) is 1. The molecule has 1 aliphatic heterocycles. The summed E-state index contributed by atoms with van der Waals surface area (Å²) in [5.41, 5.74) is 2.51. The molecule has 1 fully saturated rings. The number of carbonyl (C=O) groups is 1. The molecule has 1 aromatic heterocycles. The first kappa shape index (κ1) is 17.5. The molecule has 1 aliphatic rings. The maximum atomic E-state index is 13.1. The van der Waals surface area contributed by atoms with E-state index >= 15 is 0 Å². The number of aromatic nitrogens is 1. The molecular formula is C22H21FN2O2. The molecule has 138 valence electrons. The maximum Gasteiger partial charge on any atom is 0.251 e. The minimum absolute atomic E-state index is 0.0246. The van der Waals surface area contributed by atoms with Gasteiger partial charge in [-0.1, -0.05) is 18.2 Å². The van der Waals surface area contributed by atoms with Crippen molar-refractivity contribution in [3.63, 3.8) is 0 Å². The maximum absolute atomic E-state index is 13.1. The molecule has 1 N–H and O–H groups in total. The quantitative estimate of drug-likeness (QED) is 0.751. The third kappa shape index (κ3) is 4.09. The summed E-state index contributed by atoms with van der Waals surface area (Å²) in [6.45, 7) is 0.566. The normalized spacial score (nSPS) is 19.6. The summed E-state index contributed by atoms with van der Waals surface area (Å²) < 4.78 is 20.9. The van der Waals surface area contributed by atoms with Gasteiger partial charge >= 0.3 is 0 Å². The first-order chi connectivity index (χ1) is 13.2. The van der Waals surface area contributed by atoms with Crippen molar-refractivity contribution >= 4 is 5.91 Å². The Hall–Kier alpha value is -2.92. The molecule has 5 heteroatoms.